The molecule has 0 radical (unpaired) electrons. The summed E-state index contributed by atoms with van der Waals surface area (Å²) in [4.78, 5) is 10.7. The summed E-state index contributed by atoms with van der Waals surface area (Å²) in [5.74, 6) is -1.27. The summed E-state index contributed by atoms with van der Waals surface area (Å²) in [7, 11) is 0. The second-order valence-corrected chi connectivity index (χ2v) is 4.48. The summed E-state index contributed by atoms with van der Waals surface area (Å²) in [6.45, 7) is 0.506. The fourth-order valence-corrected chi connectivity index (χ4v) is 1.94. The van der Waals surface area contributed by atoms with Crippen LogP contribution in [0.5, 0.6) is 0 Å². The maximum atomic E-state index is 13.0. The second kappa shape index (κ2) is 4.71. The number of rotatable bonds is 3. The van der Waals surface area contributed by atoms with Crippen LogP contribution in [0.25, 0.3) is 0 Å². The number of hydrogen-bond donors (Lipinski definition) is 1. The first-order valence-electron chi connectivity index (χ1n) is 4.89. The molecule has 0 saturated heterocycles. The van der Waals surface area contributed by atoms with Gasteiger partial charge in [-0.3, -0.25) is 0 Å². The number of aromatic carboxylic acids is 1. The van der Waals surface area contributed by atoms with Gasteiger partial charge in [0.15, 0.2) is 0 Å². The Morgan fingerprint density at radius 2 is 2.18 bits per heavy atom. The predicted molar refractivity (Wildman–Crippen MR) is 64.6 cm³/mol. The Balaban J connectivity index is 2.19. The molecule has 2 rings (SSSR count). The van der Waals surface area contributed by atoms with Gasteiger partial charge in [0.05, 0.1) is 10.0 Å². The first-order chi connectivity index (χ1) is 8.06. The van der Waals surface area contributed by atoms with E-state index in [9.17, 15) is 9.18 Å². The van der Waals surface area contributed by atoms with Crippen molar-refractivity contribution in [3.63, 3.8) is 0 Å². The molecule has 1 heterocycles. The van der Waals surface area contributed by atoms with Crippen LogP contribution >= 0.6 is 15.9 Å². The third kappa shape index (κ3) is 2.74. The zero-order chi connectivity index (χ0) is 12.4. The lowest BCUT2D eigenvalue weighted by Gasteiger charge is -2.04. The van der Waals surface area contributed by atoms with Crippen LogP contribution in [0.2, 0.25) is 0 Å². The summed E-state index contributed by atoms with van der Waals surface area (Å²) in [6.07, 6.45) is 3.22. The molecule has 0 amide bonds. The quantitative estimate of drug-likeness (QED) is 0.946. The lowest BCUT2D eigenvalue weighted by atomic mass is 10.2. The van der Waals surface area contributed by atoms with Gasteiger partial charge in [-0.25, -0.2) is 9.18 Å². The highest BCUT2D eigenvalue weighted by Gasteiger charge is 2.05. The third-order valence-corrected chi connectivity index (χ3v) is 2.95. The Morgan fingerprint density at radius 1 is 1.41 bits per heavy atom. The van der Waals surface area contributed by atoms with Crippen molar-refractivity contribution in [1.82, 2.24) is 4.57 Å². The summed E-state index contributed by atoms with van der Waals surface area (Å²) < 4.78 is 15.2. The van der Waals surface area contributed by atoms with Crippen molar-refractivity contribution in [3.05, 3.63) is 58.1 Å². The van der Waals surface area contributed by atoms with Crippen LogP contribution in [0.4, 0.5) is 4.39 Å². The highest BCUT2D eigenvalue weighted by atomic mass is 79.9. The highest BCUT2D eigenvalue weighted by molar-refractivity contribution is 9.10. The third-order valence-electron chi connectivity index (χ3n) is 2.35. The molecule has 3 nitrogen and oxygen atoms in total. The minimum absolute atomic E-state index is 0.242. The van der Waals surface area contributed by atoms with E-state index >= 15 is 0 Å². The maximum absolute atomic E-state index is 13.0. The average Bonchev–Trinajstić information content (AvgIpc) is 2.72. The number of carbonyl (C=O) groups is 1. The van der Waals surface area contributed by atoms with Gasteiger partial charge >= 0.3 is 5.97 Å². The van der Waals surface area contributed by atoms with E-state index in [1.54, 1.807) is 29.1 Å². The van der Waals surface area contributed by atoms with E-state index in [1.807, 2.05) is 0 Å². The Kier molecular flexibility index (Phi) is 3.28. The molecule has 0 unspecified atom stereocenters. The van der Waals surface area contributed by atoms with E-state index in [0.717, 1.165) is 5.56 Å². The van der Waals surface area contributed by atoms with Crippen molar-refractivity contribution in [2.75, 3.05) is 0 Å². The van der Waals surface area contributed by atoms with Gasteiger partial charge in [0.2, 0.25) is 0 Å². The summed E-state index contributed by atoms with van der Waals surface area (Å²) in [5.41, 5.74) is 1.14. The Bertz CT molecular complexity index is 565. The number of aromatic nitrogens is 1. The van der Waals surface area contributed by atoms with Crippen molar-refractivity contribution >= 4 is 21.9 Å². The first kappa shape index (κ1) is 11.9. The number of carboxylic acid groups (broad SMARTS) is 1. The number of hydrogen-bond acceptors (Lipinski definition) is 1. The normalized spacial score (nSPS) is 10.5. The van der Waals surface area contributed by atoms with Crippen molar-refractivity contribution in [2.24, 2.45) is 0 Å². The molecule has 2 aromatic rings. The summed E-state index contributed by atoms with van der Waals surface area (Å²) >= 11 is 3.11. The molecule has 1 aromatic heterocycles. The van der Waals surface area contributed by atoms with Crippen LogP contribution in [0, 0.1) is 5.82 Å². The average molecular weight is 298 g/mol. The minimum atomic E-state index is -0.955. The molecule has 5 heteroatoms. The Labute approximate surface area is 106 Å². The van der Waals surface area contributed by atoms with Crippen LogP contribution in [-0.4, -0.2) is 15.6 Å². The molecule has 0 atom stereocenters. The standard InChI is InChI=1S/C12H9BrFNO2/c13-10-5-8(1-2-11(10)14)6-15-4-3-9(7-15)12(16)17/h1-5,7H,6H2,(H,16,17). The first-order valence-corrected chi connectivity index (χ1v) is 5.68. The fraction of sp³-hybridized carbons (Fsp3) is 0.0833. The molecular weight excluding hydrogens is 289 g/mol. The molecule has 1 N–H and O–H groups in total. The maximum Gasteiger partial charge on any atom is 0.337 e. The van der Waals surface area contributed by atoms with Crippen LogP contribution in [-0.2, 0) is 6.54 Å². The van der Waals surface area contributed by atoms with Crippen LogP contribution < -0.4 is 0 Å². The summed E-state index contributed by atoms with van der Waals surface area (Å²) in [6, 6.07) is 6.25. The number of carboxylic acids is 1. The molecule has 0 aliphatic carbocycles. The lowest BCUT2D eigenvalue weighted by Crippen LogP contribution is -1.98. The molecule has 0 aliphatic rings. The lowest BCUT2D eigenvalue weighted by molar-refractivity contribution is 0.0697. The van der Waals surface area contributed by atoms with E-state index in [4.69, 9.17) is 5.11 Å². The molecule has 0 aliphatic heterocycles. The topological polar surface area (TPSA) is 42.2 Å². The van der Waals surface area contributed by atoms with Gasteiger partial charge in [-0.15, -0.1) is 0 Å². The molecule has 17 heavy (non-hydrogen) atoms. The van der Waals surface area contributed by atoms with Gasteiger partial charge in [-0.1, -0.05) is 6.07 Å². The van der Waals surface area contributed by atoms with Gasteiger partial charge in [-0.2, -0.15) is 0 Å². The molecule has 0 spiro atoms. The Morgan fingerprint density at radius 3 is 2.76 bits per heavy atom. The summed E-state index contributed by atoms with van der Waals surface area (Å²) in [5, 5.41) is 8.77. The highest BCUT2D eigenvalue weighted by Crippen LogP contribution is 2.17. The number of halogens is 2. The number of nitrogens with zero attached hydrogens (tertiary/aromatic N) is 1. The molecule has 0 saturated carbocycles. The SMILES string of the molecule is O=C(O)c1ccn(Cc2ccc(F)c(Br)c2)c1. The molecule has 0 bridgehead atoms. The zero-order valence-corrected chi connectivity index (χ0v) is 10.3. The molecule has 88 valence electrons. The van der Waals surface area contributed by atoms with Gasteiger partial charge < -0.3 is 9.67 Å². The van der Waals surface area contributed by atoms with Crippen LogP contribution in [0.3, 0.4) is 0 Å². The zero-order valence-electron chi connectivity index (χ0n) is 8.73. The van der Waals surface area contributed by atoms with E-state index < -0.39 is 5.97 Å². The largest absolute Gasteiger partial charge is 0.478 e. The van der Waals surface area contributed by atoms with Crippen molar-refractivity contribution in [1.29, 1.82) is 0 Å². The Hall–Kier alpha value is -1.62. The molecular formula is C12H9BrFNO2. The van der Waals surface area contributed by atoms with Crippen LogP contribution in [0.1, 0.15) is 15.9 Å². The minimum Gasteiger partial charge on any atom is -0.478 e. The van der Waals surface area contributed by atoms with Crippen molar-refractivity contribution in [2.45, 2.75) is 6.54 Å². The van der Waals surface area contributed by atoms with Crippen LogP contribution in [0.15, 0.2) is 41.1 Å². The van der Waals surface area contributed by atoms with E-state index in [1.165, 1.54) is 12.1 Å². The van der Waals surface area contributed by atoms with E-state index in [2.05, 4.69) is 15.9 Å². The van der Waals surface area contributed by atoms with Crippen molar-refractivity contribution in [3.8, 4) is 0 Å². The van der Waals surface area contributed by atoms with Gasteiger partial charge in [0, 0.05) is 18.9 Å². The smallest absolute Gasteiger partial charge is 0.337 e. The predicted octanol–water partition coefficient (Wildman–Crippen LogP) is 3.14. The fourth-order valence-electron chi connectivity index (χ4n) is 1.51. The van der Waals surface area contributed by atoms with E-state index in [0.29, 0.717) is 11.0 Å². The van der Waals surface area contributed by atoms with Gasteiger partial charge in [-0.05, 0) is 39.7 Å². The second-order valence-electron chi connectivity index (χ2n) is 3.63. The molecule has 1 aromatic carbocycles. The van der Waals surface area contributed by atoms with Gasteiger partial charge in [0.1, 0.15) is 5.82 Å². The monoisotopic (exact) mass is 297 g/mol. The van der Waals surface area contributed by atoms with Crippen molar-refractivity contribution < 1.29 is 14.3 Å². The number of benzene rings is 1. The molecule has 0 fully saturated rings. The van der Waals surface area contributed by atoms with Gasteiger partial charge in [0.25, 0.3) is 0 Å². The van der Waals surface area contributed by atoms with E-state index in [-0.39, 0.29) is 11.4 Å².